The topological polar surface area (TPSA) is 47.3 Å². The lowest BCUT2D eigenvalue weighted by atomic mass is 10.1. The highest BCUT2D eigenvalue weighted by molar-refractivity contribution is 5.47. The van der Waals surface area contributed by atoms with Crippen LogP contribution in [-0.4, -0.2) is 24.3 Å². The van der Waals surface area contributed by atoms with Gasteiger partial charge in [-0.1, -0.05) is 25.1 Å². The third-order valence-electron chi connectivity index (χ3n) is 3.15. The Morgan fingerprint density at radius 3 is 2.56 bits per heavy atom. The van der Waals surface area contributed by atoms with Gasteiger partial charge in [0.15, 0.2) is 0 Å². The van der Waals surface area contributed by atoms with Crippen molar-refractivity contribution in [3.05, 3.63) is 30.3 Å². The van der Waals surface area contributed by atoms with Crippen molar-refractivity contribution in [2.24, 2.45) is 0 Å². The molecule has 0 saturated heterocycles. The van der Waals surface area contributed by atoms with Crippen LogP contribution in [0.1, 0.15) is 32.6 Å². The van der Waals surface area contributed by atoms with E-state index in [2.05, 4.69) is 30.0 Å². The van der Waals surface area contributed by atoms with Crippen LogP contribution in [0.2, 0.25) is 0 Å². The molecule has 1 rings (SSSR count). The molecular weight excluding hydrogens is 224 g/mol. The third-order valence-corrected chi connectivity index (χ3v) is 3.15. The minimum atomic E-state index is 0.162. The van der Waals surface area contributed by atoms with E-state index >= 15 is 0 Å². The lowest BCUT2D eigenvalue weighted by Gasteiger charge is -2.32. The minimum Gasteiger partial charge on any atom is -0.394 e. The summed E-state index contributed by atoms with van der Waals surface area (Å²) in [5, 5.41) is 18.0. The maximum Gasteiger partial charge on any atom is 0.0634 e. The molecule has 1 unspecified atom stereocenters. The van der Waals surface area contributed by atoms with E-state index in [0.717, 1.165) is 31.5 Å². The molecule has 0 aromatic heterocycles. The van der Waals surface area contributed by atoms with Crippen molar-refractivity contribution in [1.82, 2.24) is 0 Å². The fraction of sp³-hybridized carbons (Fsp3) is 0.533. The molecule has 18 heavy (non-hydrogen) atoms. The van der Waals surface area contributed by atoms with Crippen LogP contribution in [0.15, 0.2) is 30.3 Å². The SMILES string of the molecule is CCC(CO)N(CCCCC#N)c1ccccc1. The summed E-state index contributed by atoms with van der Waals surface area (Å²) in [5.74, 6) is 0. The average Bonchev–Trinajstić information content (AvgIpc) is 2.43. The molecule has 0 saturated carbocycles. The van der Waals surface area contributed by atoms with Crippen LogP contribution in [-0.2, 0) is 0 Å². The van der Waals surface area contributed by atoms with Gasteiger partial charge in [0.2, 0.25) is 0 Å². The van der Waals surface area contributed by atoms with Gasteiger partial charge >= 0.3 is 0 Å². The van der Waals surface area contributed by atoms with Gasteiger partial charge in [-0.25, -0.2) is 0 Å². The van der Waals surface area contributed by atoms with E-state index in [4.69, 9.17) is 5.26 Å². The van der Waals surface area contributed by atoms with Gasteiger partial charge in [0.05, 0.1) is 18.7 Å². The summed E-state index contributed by atoms with van der Waals surface area (Å²) in [7, 11) is 0. The van der Waals surface area contributed by atoms with Crippen molar-refractivity contribution >= 4 is 5.69 Å². The zero-order chi connectivity index (χ0) is 13.2. The summed E-state index contributed by atoms with van der Waals surface area (Å²) in [6.45, 7) is 3.15. The van der Waals surface area contributed by atoms with Crippen LogP contribution < -0.4 is 4.90 Å². The van der Waals surface area contributed by atoms with E-state index < -0.39 is 0 Å². The second kappa shape index (κ2) is 8.54. The molecule has 0 bridgehead atoms. The molecule has 98 valence electrons. The highest BCUT2D eigenvalue weighted by Crippen LogP contribution is 2.19. The summed E-state index contributed by atoms with van der Waals surface area (Å²) < 4.78 is 0. The molecule has 0 radical (unpaired) electrons. The molecule has 0 aliphatic heterocycles. The van der Waals surface area contributed by atoms with E-state index in [1.165, 1.54) is 0 Å². The number of aliphatic hydroxyl groups excluding tert-OH is 1. The fourth-order valence-corrected chi connectivity index (χ4v) is 2.08. The van der Waals surface area contributed by atoms with Crippen LogP contribution >= 0.6 is 0 Å². The molecule has 1 N–H and O–H groups in total. The Bertz CT molecular complexity index is 355. The molecule has 0 spiro atoms. The van der Waals surface area contributed by atoms with Crippen molar-refractivity contribution < 1.29 is 5.11 Å². The van der Waals surface area contributed by atoms with Gasteiger partial charge in [-0.3, -0.25) is 0 Å². The molecule has 0 fully saturated rings. The minimum absolute atomic E-state index is 0.162. The molecule has 0 amide bonds. The summed E-state index contributed by atoms with van der Waals surface area (Å²) in [6.07, 6.45) is 3.43. The van der Waals surface area contributed by atoms with Crippen LogP contribution in [0.25, 0.3) is 0 Å². The number of nitriles is 1. The van der Waals surface area contributed by atoms with Crippen molar-refractivity contribution in [1.29, 1.82) is 5.26 Å². The monoisotopic (exact) mass is 246 g/mol. The van der Waals surface area contributed by atoms with Crippen LogP contribution in [0.4, 0.5) is 5.69 Å². The van der Waals surface area contributed by atoms with Crippen molar-refractivity contribution in [3.8, 4) is 6.07 Å². The molecule has 3 heteroatoms. The number of anilines is 1. The lowest BCUT2D eigenvalue weighted by Crippen LogP contribution is -2.38. The molecule has 1 atom stereocenters. The number of nitrogens with zero attached hydrogens (tertiary/aromatic N) is 2. The van der Waals surface area contributed by atoms with E-state index in [1.54, 1.807) is 0 Å². The lowest BCUT2D eigenvalue weighted by molar-refractivity contribution is 0.255. The zero-order valence-corrected chi connectivity index (χ0v) is 11.0. The highest BCUT2D eigenvalue weighted by Gasteiger charge is 2.15. The van der Waals surface area contributed by atoms with Gasteiger partial charge in [-0.05, 0) is 31.4 Å². The van der Waals surface area contributed by atoms with Crippen LogP contribution in [0, 0.1) is 11.3 Å². The summed E-state index contributed by atoms with van der Waals surface area (Å²) in [6, 6.07) is 12.5. The van der Waals surface area contributed by atoms with E-state index in [9.17, 15) is 5.11 Å². The Labute approximate surface area is 110 Å². The van der Waals surface area contributed by atoms with E-state index in [1.807, 2.05) is 18.2 Å². The van der Waals surface area contributed by atoms with Gasteiger partial charge in [0.25, 0.3) is 0 Å². The smallest absolute Gasteiger partial charge is 0.0634 e. The summed E-state index contributed by atoms with van der Waals surface area (Å²) in [4.78, 5) is 2.25. The summed E-state index contributed by atoms with van der Waals surface area (Å²) >= 11 is 0. The van der Waals surface area contributed by atoms with Crippen LogP contribution in [0.3, 0.4) is 0 Å². The van der Waals surface area contributed by atoms with Gasteiger partial charge in [0.1, 0.15) is 0 Å². The van der Waals surface area contributed by atoms with Gasteiger partial charge in [-0.15, -0.1) is 0 Å². The molecule has 3 nitrogen and oxygen atoms in total. The predicted molar refractivity (Wildman–Crippen MR) is 74.4 cm³/mol. The molecule has 0 aliphatic carbocycles. The maximum absolute atomic E-state index is 9.47. The largest absolute Gasteiger partial charge is 0.394 e. The predicted octanol–water partition coefficient (Wildman–Crippen LogP) is 2.96. The zero-order valence-electron chi connectivity index (χ0n) is 11.0. The first-order valence-corrected chi connectivity index (χ1v) is 6.63. The Morgan fingerprint density at radius 2 is 2.00 bits per heavy atom. The molecule has 0 heterocycles. The van der Waals surface area contributed by atoms with Crippen molar-refractivity contribution in [2.75, 3.05) is 18.1 Å². The Hall–Kier alpha value is -1.53. The first kappa shape index (κ1) is 14.5. The average molecular weight is 246 g/mol. The Kier molecular flexibility index (Phi) is 6.90. The van der Waals surface area contributed by atoms with Gasteiger partial charge in [0, 0.05) is 18.7 Å². The number of hydrogen-bond acceptors (Lipinski definition) is 3. The van der Waals surface area contributed by atoms with Crippen molar-refractivity contribution in [3.63, 3.8) is 0 Å². The van der Waals surface area contributed by atoms with Crippen molar-refractivity contribution in [2.45, 2.75) is 38.6 Å². The fourth-order valence-electron chi connectivity index (χ4n) is 2.08. The van der Waals surface area contributed by atoms with Gasteiger partial charge < -0.3 is 10.0 Å². The Morgan fingerprint density at radius 1 is 1.28 bits per heavy atom. The first-order chi connectivity index (χ1) is 8.83. The molecule has 1 aromatic rings. The van der Waals surface area contributed by atoms with Crippen LogP contribution in [0.5, 0.6) is 0 Å². The number of benzene rings is 1. The third kappa shape index (κ3) is 4.38. The molecular formula is C15H22N2O. The number of rotatable bonds is 8. The van der Waals surface area contributed by atoms with E-state index in [0.29, 0.717) is 6.42 Å². The van der Waals surface area contributed by atoms with E-state index in [-0.39, 0.29) is 12.6 Å². The highest BCUT2D eigenvalue weighted by atomic mass is 16.3. The maximum atomic E-state index is 9.47. The number of unbranched alkanes of at least 4 members (excludes halogenated alkanes) is 2. The number of para-hydroxylation sites is 1. The number of aliphatic hydroxyl groups is 1. The molecule has 1 aromatic carbocycles. The second-order valence-electron chi connectivity index (χ2n) is 4.39. The van der Waals surface area contributed by atoms with Gasteiger partial charge in [-0.2, -0.15) is 5.26 Å². The summed E-state index contributed by atoms with van der Waals surface area (Å²) in [5.41, 5.74) is 1.15. The number of hydrogen-bond donors (Lipinski definition) is 1. The quantitative estimate of drug-likeness (QED) is 0.717. The standard InChI is InChI=1S/C15H22N2O/c1-2-14(13-18)17(12-8-4-7-11-16)15-9-5-3-6-10-15/h3,5-6,9-10,14,18H,2,4,7-8,12-13H2,1H3. The second-order valence-corrected chi connectivity index (χ2v) is 4.39. The normalized spacial score (nSPS) is 11.8. The molecule has 0 aliphatic rings. The Balaban J connectivity index is 2.67. The first-order valence-electron chi connectivity index (χ1n) is 6.63.